The zero-order valence-electron chi connectivity index (χ0n) is 20.9. The van der Waals surface area contributed by atoms with E-state index in [1.54, 1.807) is 11.0 Å². The van der Waals surface area contributed by atoms with Crippen molar-refractivity contribution in [3.8, 4) is 17.0 Å². The highest BCUT2D eigenvalue weighted by Crippen LogP contribution is 2.32. The Kier molecular flexibility index (Phi) is 7.56. The monoisotopic (exact) mass is 514 g/mol. The Morgan fingerprint density at radius 3 is 2.32 bits per heavy atom. The number of amides is 1. The SMILES string of the molecule is CC(C)(C)OC(=O)N1CCC(c2cc(-c3ccccc3)nc(Nc3cccc(OC(F)(F)F)c3)n2)CC1. The third-order valence-corrected chi connectivity index (χ3v) is 5.70. The Morgan fingerprint density at radius 2 is 1.68 bits per heavy atom. The molecule has 2 heterocycles. The van der Waals surface area contributed by atoms with Gasteiger partial charge in [0, 0.05) is 42.0 Å². The summed E-state index contributed by atoms with van der Waals surface area (Å²) < 4.78 is 47.5. The van der Waals surface area contributed by atoms with Crippen molar-refractivity contribution in [3.05, 3.63) is 66.4 Å². The van der Waals surface area contributed by atoms with Gasteiger partial charge in [0.25, 0.3) is 0 Å². The second-order valence-corrected chi connectivity index (χ2v) is 9.81. The van der Waals surface area contributed by atoms with Gasteiger partial charge in [-0.3, -0.25) is 0 Å². The van der Waals surface area contributed by atoms with Gasteiger partial charge < -0.3 is 19.7 Å². The number of alkyl halides is 3. The average Bonchev–Trinajstić information content (AvgIpc) is 2.83. The molecule has 3 aromatic rings. The maximum atomic E-state index is 12.7. The first-order chi connectivity index (χ1) is 17.4. The van der Waals surface area contributed by atoms with Gasteiger partial charge in [-0.05, 0) is 51.8 Å². The number of hydrogen-bond acceptors (Lipinski definition) is 6. The maximum absolute atomic E-state index is 12.7. The van der Waals surface area contributed by atoms with E-state index in [4.69, 9.17) is 9.72 Å². The van der Waals surface area contributed by atoms with E-state index < -0.39 is 12.0 Å². The fraction of sp³-hybridized carbons (Fsp3) is 0.370. The Labute approximate surface area is 213 Å². The quantitative estimate of drug-likeness (QED) is 0.399. The number of piperidine rings is 1. The van der Waals surface area contributed by atoms with Crippen LogP contribution in [0.4, 0.5) is 29.6 Å². The van der Waals surface area contributed by atoms with E-state index in [2.05, 4.69) is 15.0 Å². The number of likely N-dealkylation sites (tertiary alicyclic amines) is 1. The van der Waals surface area contributed by atoms with E-state index in [9.17, 15) is 18.0 Å². The third kappa shape index (κ3) is 7.58. The number of rotatable bonds is 5. The molecule has 1 aliphatic heterocycles. The first kappa shape index (κ1) is 26.2. The van der Waals surface area contributed by atoms with Gasteiger partial charge in [-0.15, -0.1) is 13.2 Å². The van der Waals surface area contributed by atoms with Crippen molar-refractivity contribution in [2.45, 2.75) is 51.5 Å². The molecule has 0 spiro atoms. The van der Waals surface area contributed by atoms with Crippen LogP contribution < -0.4 is 10.1 Å². The number of ether oxygens (including phenoxy) is 2. The molecule has 10 heteroatoms. The van der Waals surface area contributed by atoms with Crippen molar-refractivity contribution in [3.63, 3.8) is 0 Å². The molecular weight excluding hydrogens is 485 g/mol. The summed E-state index contributed by atoms with van der Waals surface area (Å²) in [6, 6.07) is 17.0. The lowest BCUT2D eigenvalue weighted by Gasteiger charge is -2.33. The van der Waals surface area contributed by atoms with Gasteiger partial charge in [0.1, 0.15) is 11.4 Å². The van der Waals surface area contributed by atoms with Crippen LogP contribution in [0.1, 0.15) is 45.2 Å². The molecule has 37 heavy (non-hydrogen) atoms. The predicted octanol–water partition coefficient (Wildman–Crippen LogP) is 6.90. The Hall–Kier alpha value is -3.82. The Balaban J connectivity index is 1.57. The zero-order chi connectivity index (χ0) is 26.6. The molecule has 7 nitrogen and oxygen atoms in total. The largest absolute Gasteiger partial charge is 0.573 e. The van der Waals surface area contributed by atoms with Crippen molar-refractivity contribution >= 4 is 17.7 Å². The maximum Gasteiger partial charge on any atom is 0.573 e. The van der Waals surface area contributed by atoms with Gasteiger partial charge in [-0.2, -0.15) is 0 Å². The first-order valence-corrected chi connectivity index (χ1v) is 12.0. The molecule has 4 rings (SSSR count). The van der Waals surface area contributed by atoms with Gasteiger partial charge in [-0.1, -0.05) is 36.4 Å². The summed E-state index contributed by atoms with van der Waals surface area (Å²) in [5.41, 5.74) is 2.16. The molecular formula is C27H29F3N4O3. The van der Waals surface area contributed by atoms with Crippen LogP contribution in [0.15, 0.2) is 60.7 Å². The van der Waals surface area contributed by atoms with Crippen molar-refractivity contribution in [1.29, 1.82) is 0 Å². The lowest BCUT2D eigenvalue weighted by molar-refractivity contribution is -0.274. The van der Waals surface area contributed by atoms with Crippen molar-refractivity contribution in [2.24, 2.45) is 0 Å². The molecule has 0 aliphatic carbocycles. The van der Waals surface area contributed by atoms with E-state index in [1.807, 2.05) is 57.2 Å². The summed E-state index contributed by atoms with van der Waals surface area (Å²) in [5, 5.41) is 3.02. The number of halogens is 3. The average molecular weight is 515 g/mol. The summed E-state index contributed by atoms with van der Waals surface area (Å²) in [5.74, 6) is -0.00821. The van der Waals surface area contributed by atoms with Crippen LogP contribution in [0.25, 0.3) is 11.3 Å². The van der Waals surface area contributed by atoms with E-state index in [0.717, 1.165) is 11.3 Å². The number of anilines is 2. The number of nitrogens with zero attached hydrogens (tertiary/aromatic N) is 3. The second kappa shape index (κ2) is 10.7. The molecule has 0 bridgehead atoms. The van der Waals surface area contributed by atoms with Crippen LogP contribution in [-0.4, -0.2) is 46.0 Å². The number of carbonyl (C=O) groups is 1. The molecule has 2 aromatic carbocycles. The highest BCUT2D eigenvalue weighted by atomic mass is 19.4. The van der Waals surface area contributed by atoms with Crippen LogP contribution in [0.3, 0.4) is 0 Å². The molecule has 0 atom stereocenters. The zero-order valence-corrected chi connectivity index (χ0v) is 20.9. The minimum Gasteiger partial charge on any atom is -0.444 e. The van der Waals surface area contributed by atoms with E-state index in [0.29, 0.717) is 37.3 Å². The van der Waals surface area contributed by atoms with Gasteiger partial charge in [0.05, 0.1) is 5.69 Å². The molecule has 1 saturated heterocycles. The first-order valence-electron chi connectivity index (χ1n) is 12.0. The minimum atomic E-state index is -4.79. The van der Waals surface area contributed by atoms with Crippen LogP contribution in [0.2, 0.25) is 0 Å². The van der Waals surface area contributed by atoms with Gasteiger partial charge in [-0.25, -0.2) is 14.8 Å². The summed E-state index contributed by atoms with van der Waals surface area (Å²) in [7, 11) is 0. The van der Waals surface area contributed by atoms with Crippen molar-refractivity contribution in [1.82, 2.24) is 14.9 Å². The lowest BCUT2D eigenvalue weighted by Crippen LogP contribution is -2.41. The van der Waals surface area contributed by atoms with E-state index in [1.165, 1.54) is 18.2 Å². The summed E-state index contributed by atoms with van der Waals surface area (Å²) in [6.07, 6.45) is -3.73. The second-order valence-electron chi connectivity index (χ2n) is 9.81. The molecule has 1 fully saturated rings. The van der Waals surface area contributed by atoms with Crippen molar-refractivity contribution < 1.29 is 27.4 Å². The summed E-state index contributed by atoms with van der Waals surface area (Å²) in [6.45, 7) is 6.57. The standard InChI is InChI=1S/C27H29F3N4O3/c1-26(2,3)37-25(35)34-14-12-19(13-15-34)23-17-22(18-8-5-4-6-9-18)32-24(33-23)31-20-10-7-11-21(16-20)36-27(28,29)30/h4-11,16-17,19H,12-15H2,1-3H3,(H,31,32,33). The molecule has 1 N–H and O–H groups in total. The van der Waals surface area contributed by atoms with Crippen molar-refractivity contribution in [2.75, 3.05) is 18.4 Å². The number of hydrogen-bond donors (Lipinski definition) is 1. The van der Waals surface area contributed by atoms with Crippen LogP contribution >= 0.6 is 0 Å². The normalized spacial score (nSPS) is 14.8. The smallest absolute Gasteiger partial charge is 0.444 e. The fourth-order valence-corrected chi connectivity index (χ4v) is 4.07. The third-order valence-electron chi connectivity index (χ3n) is 5.70. The van der Waals surface area contributed by atoms with Gasteiger partial charge in [0.15, 0.2) is 0 Å². The molecule has 0 radical (unpaired) electrons. The molecule has 1 amide bonds. The molecule has 196 valence electrons. The fourth-order valence-electron chi connectivity index (χ4n) is 4.07. The number of carbonyl (C=O) groups excluding carboxylic acids is 1. The Bertz CT molecular complexity index is 1220. The van der Waals surface area contributed by atoms with E-state index >= 15 is 0 Å². The van der Waals surface area contributed by atoms with Gasteiger partial charge in [0.2, 0.25) is 5.95 Å². The predicted molar refractivity (Wildman–Crippen MR) is 134 cm³/mol. The molecule has 1 aliphatic rings. The Morgan fingerprint density at radius 1 is 0.973 bits per heavy atom. The van der Waals surface area contributed by atoms with Crippen LogP contribution in [0, 0.1) is 0 Å². The summed E-state index contributed by atoms with van der Waals surface area (Å²) in [4.78, 5) is 23.5. The summed E-state index contributed by atoms with van der Waals surface area (Å²) >= 11 is 0. The minimum absolute atomic E-state index is 0.0737. The van der Waals surface area contributed by atoms with E-state index in [-0.39, 0.29) is 23.7 Å². The highest BCUT2D eigenvalue weighted by molar-refractivity contribution is 5.68. The van der Waals surface area contributed by atoms with Crippen LogP contribution in [-0.2, 0) is 4.74 Å². The number of aromatic nitrogens is 2. The molecule has 0 saturated carbocycles. The highest BCUT2D eigenvalue weighted by Gasteiger charge is 2.31. The lowest BCUT2D eigenvalue weighted by atomic mass is 9.92. The van der Waals surface area contributed by atoms with Crippen LogP contribution in [0.5, 0.6) is 5.75 Å². The molecule has 0 unspecified atom stereocenters. The molecule has 1 aromatic heterocycles. The number of benzene rings is 2. The van der Waals surface area contributed by atoms with Gasteiger partial charge >= 0.3 is 12.5 Å². The topological polar surface area (TPSA) is 76.6 Å². The number of nitrogens with one attached hydrogen (secondary N) is 1.